The van der Waals surface area contributed by atoms with Gasteiger partial charge in [0, 0.05) is 17.3 Å². The molecule has 0 aromatic carbocycles. The molecule has 0 saturated carbocycles. The van der Waals surface area contributed by atoms with Crippen LogP contribution in [-0.2, 0) is 6.42 Å². The second kappa shape index (κ2) is 5.23. The zero-order chi connectivity index (χ0) is 12.3. The molecule has 0 aliphatic rings. The van der Waals surface area contributed by atoms with Gasteiger partial charge in [-0.25, -0.2) is 4.98 Å². The highest BCUT2D eigenvalue weighted by Gasteiger charge is 2.07. The van der Waals surface area contributed by atoms with Crippen molar-refractivity contribution in [3.63, 3.8) is 0 Å². The van der Waals surface area contributed by atoms with Gasteiger partial charge in [0.25, 0.3) is 0 Å². The Morgan fingerprint density at radius 1 is 1.29 bits per heavy atom. The molecule has 2 heterocycles. The van der Waals surface area contributed by atoms with Crippen LogP contribution in [0.5, 0.6) is 0 Å². The Morgan fingerprint density at radius 3 is 2.76 bits per heavy atom. The first-order valence-electron chi connectivity index (χ1n) is 5.62. The van der Waals surface area contributed by atoms with E-state index in [0.29, 0.717) is 12.0 Å². The summed E-state index contributed by atoms with van der Waals surface area (Å²) in [5.74, 6) is 0.608. The molecule has 2 aromatic rings. The van der Waals surface area contributed by atoms with Crippen LogP contribution in [-0.4, -0.2) is 21.2 Å². The second-order valence-electron chi connectivity index (χ2n) is 4.14. The molecular formula is C12H16N4S. The molecule has 1 atom stereocenters. The van der Waals surface area contributed by atoms with Gasteiger partial charge in [0.05, 0.1) is 11.4 Å². The molecule has 0 aliphatic heterocycles. The Morgan fingerprint density at radius 2 is 2.12 bits per heavy atom. The number of thiophene rings is 1. The Labute approximate surface area is 105 Å². The molecule has 17 heavy (non-hydrogen) atoms. The van der Waals surface area contributed by atoms with Gasteiger partial charge in [-0.15, -0.1) is 16.4 Å². The quantitative estimate of drug-likeness (QED) is 0.903. The van der Waals surface area contributed by atoms with Crippen LogP contribution >= 0.6 is 11.3 Å². The van der Waals surface area contributed by atoms with Gasteiger partial charge >= 0.3 is 0 Å². The summed E-state index contributed by atoms with van der Waals surface area (Å²) in [4.78, 5) is 5.72. The maximum atomic E-state index is 4.36. The fraction of sp³-hybridized carbons (Fsp3) is 0.417. The van der Waals surface area contributed by atoms with Crippen LogP contribution in [0.15, 0.2) is 17.5 Å². The molecule has 90 valence electrons. The van der Waals surface area contributed by atoms with Crippen molar-refractivity contribution in [2.75, 3.05) is 5.32 Å². The van der Waals surface area contributed by atoms with E-state index < -0.39 is 0 Å². The maximum absolute atomic E-state index is 4.36. The molecular weight excluding hydrogens is 232 g/mol. The van der Waals surface area contributed by atoms with Gasteiger partial charge in [-0.05, 0) is 32.2 Å². The van der Waals surface area contributed by atoms with Crippen molar-refractivity contribution < 1.29 is 0 Å². The molecule has 1 N–H and O–H groups in total. The molecule has 0 fully saturated rings. The van der Waals surface area contributed by atoms with Crippen molar-refractivity contribution in [1.29, 1.82) is 0 Å². The molecule has 0 aliphatic carbocycles. The number of nitrogens with zero attached hydrogens (tertiary/aromatic N) is 3. The van der Waals surface area contributed by atoms with E-state index in [0.717, 1.165) is 17.8 Å². The molecule has 5 heteroatoms. The van der Waals surface area contributed by atoms with Crippen molar-refractivity contribution in [3.05, 3.63) is 33.8 Å². The highest BCUT2D eigenvalue weighted by atomic mass is 32.1. The van der Waals surface area contributed by atoms with E-state index in [1.165, 1.54) is 4.88 Å². The molecule has 0 saturated heterocycles. The minimum atomic E-state index is 0.303. The van der Waals surface area contributed by atoms with Crippen LogP contribution in [0, 0.1) is 13.8 Å². The number of hydrogen-bond donors (Lipinski definition) is 1. The molecule has 1 unspecified atom stereocenters. The fourth-order valence-electron chi connectivity index (χ4n) is 1.52. The predicted molar refractivity (Wildman–Crippen MR) is 70.4 cm³/mol. The molecule has 4 nitrogen and oxygen atoms in total. The van der Waals surface area contributed by atoms with Crippen molar-refractivity contribution in [2.24, 2.45) is 0 Å². The molecule has 0 radical (unpaired) electrons. The summed E-state index contributed by atoms with van der Waals surface area (Å²) in [6.45, 7) is 5.98. The predicted octanol–water partition coefficient (Wildman–Crippen LogP) is 2.59. The van der Waals surface area contributed by atoms with E-state index in [2.05, 4.69) is 44.9 Å². The van der Waals surface area contributed by atoms with Gasteiger partial charge in [0.2, 0.25) is 5.95 Å². The number of aromatic nitrogens is 3. The fourth-order valence-corrected chi connectivity index (χ4v) is 2.36. The van der Waals surface area contributed by atoms with Crippen molar-refractivity contribution in [2.45, 2.75) is 33.2 Å². The summed E-state index contributed by atoms with van der Waals surface area (Å²) in [5, 5.41) is 13.5. The average Bonchev–Trinajstić information content (AvgIpc) is 2.76. The Kier molecular flexibility index (Phi) is 3.68. The summed E-state index contributed by atoms with van der Waals surface area (Å²) in [6.07, 6.45) is 0.980. The minimum absolute atomic E-state index is 0.303. The topological polar surface area (TPSA) is 50.7 Å². The lowest BCUT2D eigenvalue weighted by molar-refractivity contribution is 0.769. The van der Waals surface area contributed by atoms with E-state index in [9.17, 15) is 0 Å². The largest absolute Gasteiger partial charge is 0.350 e. The minimum Gasteiger partial charge on any atom is -0.350 e. The third-order valence-corrected chi connectivity index (χ3v) is 3.45. The molecule has 0 amide bonds. The standard InChI is InChI=1S/C12H16N4S/c1-8(7-11-5-4-6-17-11)13-12-14-9(2)10(3)15-16-12/h4-6,8H,7H2,1-3H3,(H,13,14,16). The zero-order valence-electron chi connectivity index (χ0n) is 10.3. The van der Waals surface area contributed by atoms with Gasteiger partial charge in [-0.2, -0.15) is 5.10 Å². The zero-order valence-corrected chi connectivity index (χ0v) is 11.1. The molecule has 0 spiro atoms. The monoisotopic (exact) mass is 248 g/mol. The van der Waals surface area contributed by atoms with Crippen LogP contribution < -0.4 is 5.32 Å². The molecule has 2 rings (SSSR count). The van der Waals surface area contributed by atoms with Gasteiger partial charge in [-0.1, -0.05) is 6.07 Å². The number of anilines is 1. The summed E-state index contributed by atoms with van der Waals surface area (Å²) >= 11 is 1.77. The third-order valence-electron chi connectivity index (χ3n) is 2.55. The van der Waals surface area contributed by atoms with E-state index in [1.807, 2.05) is 13.8 Å². The van der Waals surface area contributed by atoms with Gasteiger partial charge in [0.15, 0.2) is 0 Å². The summed E-state index contributed by atoms with van der Waals surface area (Å²) < 4.78 is 0. The van der Waals surface area contributed by atoms with Crippen molar-refractivity contribution in [3.8, 4) is 0 Å². The maximum Gasteiger partial charge on any atom is 0.243 e. The van der Waals surface area contributed by atoms with Crippen LogP contribution in [0.1, 0.15) is 23.2 Å². The SMILES string of the molecule is Cc1nnc(NC(C)Cc2cccs2)nc1C. The first-order chi connectivity index (χ1) is 8.15. The number of aryl methyl sites for hydroxylation is 2. The van der Waals surface area contributed by atoms with Gasteiger partial charge in [0.1, 0.15) is 0 Å². The Balaban J connectivity index is 1.98. The van der Waals surface area contributed by atoms with Crippen LogP contribution in [0.4, 0.5) is 5.95 Å². The molecule has 0 bridgehead atoms. The molecule has 2 aromatic heterocycles. The second-order valence-corrected chi connectivity index (χ2v) is 5.17. The van der Waals surface area contributed by atoms with Gasteiger partial charge < -0.3 is 5.32 Å². The summed E-state index contributed by atoms with van der Waals surface area (Å²) in [6, 6.07) is 4.51. The van der Waals surface area contributed by atoms with Crippen LogP contribution in [0.3, 0.4) is 0 Å². The lowest BCUT2D eigenvalue weighted by atomic mass is 10.2. The van der Waals surface area contributed by atoms with Crippen molar-refractivity contribution in [1.82, 2.24) is 15.2 Å². The smallest absolute Gasteiger partial charge is 0.243 e. The van der Waals surface area contributed by atoms with Crippen molar-refractivity contribution >= 4 is 17.3 Å². The van der Waals surface area contributed by atoms with E-state index in [4.69, 9.17) is 0 Å². The first kappa shape index (κ1) is 12.0. The van der Waals surface area contributed by atoms with Crippen LogP contribution in [0.2, 0.25) is 0 Å². The number of rotatable bonds is 4. The van der Waals surface area contributed by atoms with E-state index in [-0.39, 0.29) is 0 Å². The third kappa shape index (κ3) is 3.23. The lowest BCUT2D eigenvalue weighted by Crippen LogP contribution is -2.20. The van der Waals surface area contributed by atoms with E-state index in [1.54, 1.807) is 11.3 Å². The number of nitrogens with one attached hydrogen (secondary N) is 1. The Hall–Kier alpha value is -1.49. The highest BCUT2D eigenvalue weighted by molar-refractivity contribution is 7.09. The first-order valence-corrected chi connectivity index (χ1v) is 6.50. The van der Waals surface area contributed by atoms with Gasteiger partial charge in [-0.3, -0.25) is 0 Å². The average molecular weight is 248 g/mol. The summed E-state index contributed by atoms with van der Waals surface area (Å²) in [5.41, 5.74) is 1.80. The normalized spacial score (nSPS) is 12.4. The Bertz CT molecular complexity index is 481. The lowest BCUT2D eigenvalue weighted by Gasteiger charge is -2.12. The van der Waals surface area contributed by atoms with Crippen LogP contribution in [0.25, 0.3) is 0 Å². The highest BCUT2D eigenvalue weighted by Crippen LogP contribution is 2.13. The summed E-state index contributed by atoms with van der Waals surface area (Å²) in [7, 11) is 0. The van der Waals surface area contributed by atoms with E-state index >= 15 is 0 Å². The number of hydrogen-bond acceptors (Lipinski definition) is 5.